The normalized spacial score (nSPS) is 10.6. The van der Waals surface area contributed by atoms with E-state index >= 15 is 0 Å². The SMILES string of the molecule is COc1ccc(C(=O)CCCC(=O)NCc2cc3ccccc3[nH]c2=O)cc1. The van der Waals surface area contributed by atoms with E-state index in [4.69, 9.17) is 4.74 Å². The first kappa shape index (κ1) is 19.4. The minimum Gasteiger partial charge on any atom is -0.497 e. The molecule has 0 radical (unpaired) electrons. The van der Waals surface area contributed by atoms with E-state index in [1.54, 1.807) is 37.4 Å². The van der Waals surface area contributed by atoms with Gasteiger partial charge >= 0.3 is 0 Å². The molecular formula is C22H22N2O4. The van der Waals surface area contributed by atoms with Gasteiger partial charge in [-0.15, -0.1) is 0 Å². The molecule has 0 spiro atoms. The molecule has 0 saturated carbocycles. The van der Waals surface area contributed by atoms with Crippen molar-refractivity contribution < 1.29 is 14.3 Å². The number of hydrogen-bond donors (Lipinski definition) is 2. The zero-order valence-electron chi connectivity index (χ0n) is 15.7. The second-order valence-electron chi connectivity index (χ2n) is 6.49. The fourth-order valence-electron chi connectivity index (χ4n) is 2.94. The van der Waals surface area contributed by atoms with Gasteiger partial charge in [-0.25, -0.2) is 0 Å². The average molecular weight is 378 g/mol. The number of ketones is 1. The van der Waals surface area contributed by atoms with Crippen LogP contribution in [0.15, 0.2) is 59.4 Å². The minimum absolute atomic E-state index is 0.0126. The first-order valence-corrected chi connectivity index (χ1v) is 9.12. The molecule has 0 aliphatic heterocycles. The fraction of sp³-hybridized carbons (Fsp3) is 0.227. The molecule has 0 fully saturated rings. The first-order chi connectivity index (χ1) is 13.6. The maximum Gasteiger partial charge on any atom is 0.253 e. The lowest BCUT2D eigenvalue weighted by Crippen LogP contribution is -2.26. The maximum atomic E-state index is 12.2. The summed E-state index contributed by atoms with van der Waals surface area (Å²) in [5, 5.41) is 3.66. The molecule has 0 aliphatic rings. The van der Waals surface area contributed by atoms with Gasteiger partial charge in [-0.3, -0.25) is 14.4 Å². The van der Waals surface area contributed by atoms with Gasteiger partial charge in [0.15, 0.2) is 5.78 Å². The van der Waals surface area contributed by atoms with Crippen LogP contribution in [0.5, 0.6) is 5.75 Å². The van der Waals surface area contributed by atoms with Crippen LogP contribution in [0.25, 0.3) is 10.9 Å². The van der Waals surface area contributed by atoms with Gasteiger partial charge in [0.25, 0.3) is 5.56 Å². The summed E-state index contributed by atoms with van der Waals surface area (Å²) < 4.78 is 5.07. The highest BCUT2D eigenvalue weighted by molar-refractivity contribution is 5.96. The Morgan fingerprint density at radius 1 is 1.04 bits per heavy atom. The average Bonchev–Trinajstić information content (AvgIpc) is 2.72. The number of carbonyl (C=O) groups excluding carboxylic acids is 2. The number of ether oxygens (including phenoxy) is 1. The summed E-state index contributed by atoms with van der Waals surface area (Å²) >= 11 is 0. The molecule has 0 saturated heterocycles. The van der Waals surface area contributed by atoms with E-state index in [9.17, 15) is 14.4 Å². The molecule has 1 heterocycles. The van der Waals surface area contributed by atoms with Crippen LogP contribution in [-0.2, 0) is 11.3 Å². The number of rotatable bonds is 8. The van der Waals surface area contributed by atoms with Crippen molar-refractivity contribution in [3.05, 3.63) is 76.1 Å². The van der Waals surface area contributed by atoms with Crippen molar-refractivity contribution >= 4 is 22.6 Å². The molecule has 3 rings (SSSR count). The number of H-pyrrole nitrogens is 1. The van der Waals surface area contributed by atoms with Gasteiger partial charge in [-0.1, -0.05) is 18.2 Å². The standard InChI is InChI=1S/C22H22N2O4/c1-28-18-11-9-15(10-12-18)20(25)7-4-8-21(26)23-14-17-13-16-5-2-3-6-19(16)24-22(17)27/h2-3,5-6,9-13H,4,7-8,14H2,1H3,(H,23,26)(H,24,27). The Labute approximate surface area is 162 Å². The van der Waals surface area contributed by atoms with Gasteiger partial charge in [-0.05, 0) is 48.2 Å². The van der Waals surface area contributed by atoms with Gasteiger partial charge in [0.05, 0.1) is 7.11 Å². The zero-order chi connectivity index (χ0) is 19.9. The predicted molar refractivity (Wildman–Crippen MR) is 108 cm³/mol. The summed E-state index contributed by atoms with van der Waals surface area (Å²) in [7, 11) is 1.57. The van der Waals surface area contributed by atoms with Crippen molar-refractivity contribution in [2.75, 3.05) is 7.11 Å². The molecule has 1 aromatic heterocycles. The number of methoxy groups -OCH3 is 1. The third-order valence-corrected chi connectivity index (χ3v) is 4.53. The number of aromatic amines is 1. The van der Waals surface area contributed by atoms with Gasteiger partial charge in [0, 0.05) is 36.0 Å². The summed E-state index contributed by atoms with van der Waals surface area (Å²) in [6.07, 6.45) is 0.967. The molecule has 0 bridgehead atoms. The van der Waals surface area contributed by atoms with Crippen molar-refractivity contribution in [2.45, 2.75) is 25.8 Å². The first-order valence-electron chi connectivity index (χ1n) is 9.12. The van der Waals surface area contributed by atoms with E-state index in [-0.39, 0.29) is 36.6 Å². The van der Waals surface area contributed by atoms with Crippen LogP contribution < -0.4 is 15.6 Å². The Bertz CT molecular complexity index is 1040. The van der Waals surface area contributed by atoms with Crippen molar-refractivity contribution in [3.8, 4) is 5.75 Å². The molecule has 28 heavy (non-hydrogen) atoms. The van der Waals surface area contributed by atoms with Crippen LogP contribution in [0, 0.1) is 0 Å². The Kier molecular flexibility index (Phi) is 6.22. The van der Waals surface area contributed by atoms with Crippen LogP contribution in [0.3, 0.4) is 0 Å². The van der Waals surface area contributed by atoms with Crippen LogP contribution in [0.4, 0.5) is 0 Å². The minimum atomic E-state index is -0.214. The summed E-state index contributed by atoms with van der Waals surface area (Å²) in [6.45, 7) is 0.158. The number of carbonyl (C=O) groups is 2. The number of hydrogen-bond acceptors (Lipinski definition) is 4. The molecule has 6 nitrogen and oxygen atoms in total. The summed E-state index contributed by atoms with van der Waals surface area (Å²) in [5.41, 5.74) is 1.65. The van der Waals surface area contributed by atoms with Crippen LogP contribution in [-0.4, -0.2) is 23.8 Å². The molecule has 0 atom stereocenters. The van der Waals surface area contributed by atoms with E-state index in [1.165, 1.54) is 0 Å². The number of nitrogens with one attached hydrogen (secondary N) is 2. The lowest BCUT2D eigenvalue weighted by atomic mass is 10.1. The second-order valence-corrected chi connectivity index (χ2v) is 6.49. The molecule has 144 valence electrons. The summed E-state index contributed by atoms with van der Waals surface area (Å²) in [6, 6.07) is 16.2. The smallest absolute Gasteiger partial charge is 0.253 e. The van der Waals surface area contributed by atoms with Crippen molar-refractivity contribution in [1.29, 1.82) is 0 Å². The molecule has 1 amide bonds. The zero-order valence-corrected chi connectivity index (χ0v) is 15.7. The van der Waals surface area contributed by atoms with E-state index < -0.39 is 0 Å². The number of fused-ring (bicyclic) bond motifs is 1. The lowest BCUT2D eigenvalue weighted by molar-refractivity contribution is -0.121. The number of para-hydroxylation sites is 1. The van der Waals surface area contributed by atoms with E-state index in [0.717, 1.165) is 10.9 Å². The third kappa shape index (κ3) is 4.85. The molecule has 0 aliphatic carbocycles. The van der Waals surface area contributed by atoms with E-state index in [2.05, 4.69) is 10.3 Å². The molecular weight excluding hydrogens is 356 g/mol. The quantitative estimate of drug-likeness (QED) is 0.589. The van der Waals surface area contributed by atoms with Crippen molar-refractivity contribution in [1.82, 2.24) is 10.3 Å². The molecule has 3 aromatic rings. The van der Waals surface area contributed by atoms with Gasteiger partial charge in [0.2, 0.25) is 5.91 Å². The topological polar surface area (TPSA) is 88.3 Å². The number of benzene rings is 2. The Morgan fingerprint density at radius 3 is 2.54 bits per heavy atom. The van der Waals surface area contributed by atoms with Crippen LogP contribution in [0.1, 0.15) is 35.2 Å². The van der Waals surface area contributed by atoms with Crippen molar-refractivity contribution in [2.24, 2.45) is 0 Å². The van der Waals surface area contributed by atoms with Crippen molar-refractivity contribution in [3.63, 3.8) is 0 Å². The largest absolute Gasteiger partial charge is 0.497 e. The molecule has 2 N–H and O–H groups in total. The Morgan fingerprint density at radius 2 is 1.79 bits per heavy atom. The Hall–Kier alpha value is -3.41. The summed E-state index contributed by atoms with van der Waals surface area (Å²) in [5.74, 6) is 0.496. The molecule has 6 heteroatoms. The van der Waals surface area contributed by atoms with Crippen LogP contribution >= 0.6 is 0 Å². The fourth-order valence-corrected chi connectivity index (χ4v) is 2.94. The van der Waals surface area contributed by atoms with Crippen LogP contribution in [0.2, 0.25) is 0 Å². The van der Waals surface area contributed by atoms with Gasteiger partial charge < -0.3 is 15.0 Å². The highest BCUT2D eigenvalue weighted by atomic mass is 16.5. The second kappa shape index (κ2) is 8.99. The molecule has 0 unspecified atom stereocenters. The van der Waals surface area contributed by atoms with E-state index in [1.807, 2.05) is 24.3 Å². The highest BCUT2D eigenvalue weighted by Gasteiger charge is 2.09. The number of amides is 1. The molecule has 2 aromatic carbocycles. The Balaban J connectivity index is 1.47. The lowest BCUT2D eigenvalue weighted by Gasteiger charge is -2.06. The monoisotopic (exact) mass is 378 g/mol. The highest BCUT2D eigenvalue weighted by Crippen LogP contribution is 2.14. The predicted octanol–water partition coefficient (Wildman–Crippen LogP) is 3.21. The number of pyridine rings is 1. The number of Topliss-reactive ketones (excluding diaryl/α,β-unsaturated/α-hetero) is 1. The number of aromatic nitrogens is 1. The summed E-state index contributed by atoms with van der Waals surface area (Å²) in [4.78, 5) is 39.1. The third-order valence-electron chi connectivity index (χ3n) is 4.53. The van der Waals surface area contributed by atoms with E-state index in [0.29, 0.717) is 23.3 Å². The van der Waals surface area contributed by atoms with Gasteiger partial charge in [0.1, 0.15) is 5.75 Å². The maximum absolute atomic E-state index is 12.2. The van der Waals surface area contributed by atoms with Gasteiger partial charge in [-0.2, -0.15) is 0 Å².